The Balaban J connectivity index is 1.63. The van der Waals surface area contributed by atoms with E-state index in [1.807, 2.05) is 0 Å². The van der Waals surface area contributed by atoms with Gasteiger partial charge in [-0.3, -0.25) is 4.90 Å². The number of para-hydroxylation sites is 1. The van der Waals surface area contributed by atoms with E-state index >= 15 is 0 Å². The fraction of sp³-hybridized carbons (Fsp3) is 0.600. The third kappa shape index (κ3) is 2.99. The molecular formula is C20H30N4. The van der Waals surface area contributed by atoms with Crippen LogP contribution in [0.3, 0.4) is 0 Å². The van der Waals surface area contributed by atoms with E-state index < -0.39 is 0 Å². The van der Waals surface area contributed by atoms with Crippen LogP contribution >= 0.6 is 0 Å². The van der Waals surface area contributed by atoms with Gasteiger partial charge in [0, 0.05) is 61.9 Å². The third-order valence-electron chi connectivity index (χ3n) is 5.93. The van der Waals surface area contributed by atoms with E-state index in [-0.39, 0.29) is 0 Å². The van der Waals surface area contributed by atoms with Crippen LogP contribution in [0.15, 0.2) is 24.3 Å². The van der Waals surface area contributed by atoms with Gasteiger partial charge in [0.05, 0.1) is 0 Å². The van der Waals surface area contributed by atoms with Crippen molar-refractivity contribution in [2.75, 3.05) is 46.8 Å². The zero-order valence-electron chi connectivity index (χ0n) is 15.1. The lowest BCUT2D eigenvalue weighted by atomic mass is 9.91. The predicted octanol–water partition coefficient (Wildman–Crippen LogP) is 1.97. The Labute approximate surface area is 145 Å². The van der Waals surface area contributed by atoms with Crippen molar-refractivity contribution in [1.29, 1.82) is 0 Å². The number of piperazine rings is 1. The topological polar surface area (TPSA) is 23.4 Å². The maximum atomic E-state index is 3.45. The van der Waals surface area contributed by atoms with Crippen molar-refractivity contribution in [3.05, 3.63) is 35.5 Å². The Bertz CT molecular complexity index is 697. The summed E-state index contributed by atoms with van der Waals surface area (Å²) >= 11 is 0. The van der Waals surface area contributed by atoms with Gasteiger partial charge in [-0.25, -0.2) is 0 Å². The lowest BCUT2D eigenvalue weighted by Crippen LogP contribution is -2.44. The molecule has 1 aromatic heterocycles. The molecule has 1 atom stereocenters. The first-order valence-corrected chi connectivity index (χ1v) is 9.42. The van der Waals surface area contributed by atoms with Gasteiger partial charge in [0.2, 0.25) is 0 Å². The van der Waals surface area contributed by atoms with Gasteiger partial charge in [0.25, 0.3) is 0 Å². The first-order chi connectivity index (χ1) is 11.7. The average molecular weight is 326 g/mol. The van der Waals surface area contributed by atoms with Gasteiger partial charge in [-0.2, -0.15) is 0 Å². The smallest absolute Gasteiger partial charge is 0.0485 e. The highest BCUT2D eigenvalue weighted by Gasteiger charge is 2.26. The van der Waals surface area contributed by atoms with Crippen LogP contribution in [0, 0.1) is 0 Å². The highest BCUT2D eigenvalue weighted by atomic mass is 15.2. The lowest BCUT2D eigenvalue weighted by molar-refractivity contribution is 0.231. The summed E-state index contributed by atoms with van der Waals surface area (Å²) in [4.78, 5) is 5.00. The van der Waals surface area contributed by atoms with Gasteiger partial charge in [-0.05, 0) is 45.0 Å². The van der Waals surface area contributed by atoms with Crippen molar-refractivity contribution < 1.29 is 0 Å². The van der Waals surface area contributed by atoms with E-state index in [2.05, 4.69) is 58.0 Å². The van der Waals surface area contributed by atoms with E-state index in [0.717, 1.165) is 19.6 Å². The Hall–Kier alpha value is -1.36. The summed E-state index contributed by atoms with van der Waals surface area (Å²) in [6.45, 7) is 6.94. The molecule has 4 rings (SSSR count). The maximum absolute atomic E-state index is 3.45. The molecule has 1 aliphatic carbocycles. The molecule has 1 aliphatic heterocycles. The molecule has 4 nitrogen and oxygen atoms in total. The number of nitrogens with zero attached hydrogens (tertiary/aromatic N) is 3. The van der Waals surface area contributed by atoms with Crippen LogP contribution in [0.25, 0.3) is 10.9 Å². The van der Waals surface area contributed by atoms with Gasteiger partial charge in [-0.15, -0.1) is 0 Å². The highest BCUT2D eigenvalue weighted by Crippen LogP contribution is 2.33. The van der Waals surface area contributed by atoms with Crippen molar-refractivity contribution in [1.82, 2.24) is 19.7 Å². The molecule has 0 amide bonds. The van der Waals surface area contributed by atoms with Gasteiger partial charge in [-0.1, -0.05) is 18.2 Å². The van der Waals surface area contributed by atoms with E-state index in [9.17, 15) is 0 Å². The number of nitrogens with one attached hydrogen (secondary N) is 1. The van der Waals surface area contributed by atoms with Crippen molar-refractivity contribution in [3.8, 4) is 0 Å². The molecule has 2 aliphatic rings. The first-order valence-electron chi connectivity index (χ1n) is 9.42. The molecule has 0 bridgehead atoms. The van der Waals surface area contributed by atoms with Crippen molar-refractivity contribution in [2.45, 2.75) is 31.8 Å². The van der Waals surface area contributed by atoms with Gasteiger partial charge in [0.15, 0.2) is 0 Å². The zero-order valence-corrected chi connectivity index (χ0v) is 15.1. The molecule has 24 heavy (non-hydrogen) atoms. The molecule has 2 heterocycles. The molecule has 1 saturated heterocycles. The summed E-state index contributed by atoms with van der Waals surface area (Å²) in [6.07, 6.45) is 3.70. The second kappa shape index (κ2) is 6.87. The molecule has 1 fully saturated rings. The van der Waals surface area contributed by atoms with E-state index in [1.165, 1.54) is 49.8 Å². The second-order valence-corrected chi connectivity index (χ2v) is 7.55. The summed E-state index contributed by atoms with van der Waals surface area (Å²) in [5.41, 5.74) is 4.65. The van der Waals surface area contributed by atoms with E-state index in [0.29, 0.717) is 6.04 Å². The standard InChI is InChI=1S/C20H30N4/c1-22(2)16-7-8-20-18(15-16)17-5-3-4-6-19(17)24(20)14-13-23-11-9-21-10-12-23/h3-6,16,21H,7-15H2,1-2H3. The van der Waals surface area contributed by atoms with Gasteiger partial charge < -0.3 is 14.8 Å². The Kier molecular flexibility index (Phi) is 4.61. The summed E-state index contributed by atoms with van der Waals surface area (Å²) in [5.74, 6) is 0. The minimum atomic E-state index is 0.685. The Morgan fingerprint density at radius 1 is 1.12 bits per heavy atom. The largest absolute Gasteiger partial charge is 0.343 e. The van der Waals surface area contributed by atoms with Gasteiger partial charge in [0.1, 0.15) is 0 Å². The summed E-state index contributed by atoms with van der Waals surface area (Å²) in [6, 6.07) is 9.72. The van der Waals surface area contributed by atoms with Crippen LogP contribution in [-0.2, 0) is 19.4 Å². The van der Waals surface area contributed by atoms with Crippen molar-refractivity contribution in [2.24, 2.45) is 0 Å². The fourth-order valence-corrected chi connectivity index (χ4v) is 4.45. The first kappa shape index (κ1) is 16.1. The SMILES string of the molecule is CN(C)C1CCc2c(c3ccccc3n2CCN2CCNCC2)C1. The number of hydrogen-bond acceptors (Lipinski definition) is 3. The maximum Gasteiger partial charge on any atom is 0.0485 e. The van der Waals surface area contributed by atoms with Crippen LogP contribution in [-0.4, -0.2) is 67.2 Å². The number of benzene rings is 1. The van der Waals surface area contributed by atoms with Gasteiger partial charge >= 0.3 is 0 Å². The molecule has 1 unspecified atom stereocenters. The number of fused-ring (bicyclic) bond motifs is 3. The third-order valence-corrected chi connectivity index (χ3v) is 5.93. The molecule has 130 valence electrons. The highest BCUT2D eigenvalue weighted by molar-refractivity contribution is 5.86. The zero-order chi connectivity index (χ0) is 16.5. The normalized spacial score (nSPS) is 22.2. The predicted molar refractivity (Wildman–Crippen MR) is 101 cm³/mol. The monoisotopic (exact) mass is 326 g/mol. The minimum absolute atomic E-state index is 0.685. The lowest BCUT2D eigenvalue weighted by Gasteiger charge is -2.30. The molecular weight excluding hydrogens is 296 g/mol. The van der Waals surface area contributed by atoms with Crippen molar-refractivity contribution >= 4 is 10.9 Å². The van der Waals surface area contributed by atoms with E-state index in [1.54, 1.807) is 11.3 Å². The van der Waals surface area contributed by atoms with Crippen LogP contribution in [0.5, 0.6) is 0 Å². The molecule has 0 saturated carbocycles. The minimum Gasteiger partial charge on any atom is -0.343 e. The number of hydrogen-bond donors (Lipinski definition) is 1. The van der Waals surface area contributed by atoms with Crippen LogP contribution in [0.4, 0.5) is 0 Å². The van der Waals surface area contributed by atoms with Crippen LogP contribution in [0.2, 0.25) is 0 Å². The molecule has 1 N–H and O–H groups in total. The molecule has 1 aromatic carbocycles. The van der Waals surface area contributed by atoms with Crippen LogP contribution in [0.1, 0.15) is 17.7 Å². The quantitative estimate of drug-likeness (QED) is 0.929. The molecule has 0 spiro atoms. The molecule has 4 heteroatoms. The number of rotatable bonds is 4. The average Bonchev–Trinajstić information content (AvgIpc) is 2.94. The number of likely N-dealkylation sites (N-methyl/N-ethyl adjacent to an activating group) is 1. The Morgan fingerprint density at radius 2 is 1.92 bits per heavy atom. The van der Waals surface area contributed by atoms with E-state index in [4.69, 9.17) is 0 Å². The second-order valence-electron chi connectivity index (χ2n) is 7.55. The molecule has 0 radical (unpaired) electrons. The Morgan fingerprint density at radius 3 is 2.71 bits per heavy atom. The number of aromatic nitrogens is 1. The summed E-state index contributed by atoms with van der Waals surface area (Å²) in [7, 11) is 4.44. The summed E-state index contributed by atoms with van der Waals surface area (Å²) < 4.78 is 2.62. The molecule has 2 aromatic rings. The van der Waals surface area contributed by atoms with Crippen molar-refractivity contribution in [3.63, 3.8) is 0 Å². The fourth-order valence-electron chi connectivity index (χ4n) is 4.45. The van der Waals surface area contributed by atoms with Crippen LogP contribution < -0.4 is 5.32 Å². The summed E-state index contributed by atoms with van der Waals surface area (Å²) in [5, 5.41) is 4.94.